The Hall–Kier alpha value is -1.02. The molecule has 0 bridgehead atoms. The molecule has 0 saturated carbocycles. The Morgan fingerprint density at radius 3 is 2.67 bits per heavy atom. The van der Waals surface area contributed by atoms with Crippen LogP contribution in [0.1, 0.15) is 12.5 Å². The summed E-state index contributed by atoms with van der Waals surface area (Å²) in [6.45, 7) is 2.14. The first-order valence-corrected chi connectivity index (χ1v) is 4.03. The van der Waals surface area contributed by atoms with Gasteiger partial charge in [0.05, 0.1) is 0 Å². The third kappa shape index (κ3) is 3.39. The van der Waals surface area contributed by atoms with Gasteiger partial charge in [-0.25, -0.2) is 0 Å². The van der Waals surface area contributed by atoms with Gasteiger partial charge < -0.3 is 4.84 Å². The van der Waals surface area contributed by atoms with E-state index in [1.54, 1.807) is 6.92 Å². The van der Waals surface area contributed by atoms with Crippen molar-refractivity contribution >= 4 is 16.8 Å². The molecule has 0 heterocycles. The van der Waals surface area contributed by atoms with Crippen LogP contribution >= 0.6 is 11.6 Å². The highest BCUT2D eigenvalue weighted by atomic mass is 35.5. The fourth-order valence-corrected chi connectivity index (χ4v) is 0.819. The first-order valence-electron chi connectivity index (χ1n) is 3.65. The molecule has 0 atom stereocenters. The fraction of sp³-hybridized carbons (Fsp3) is 0.222. The zero-order valence-electron chi connectivity index (χ0n) is 6.83. The Morgan fingerprint density at radius 2 is 2.08 bits per heavy atom. The topological polar surface area (TPSA) is 21.6 Å². The summed E-state index contributed by atoms with van der Waals surface area (Å²) < 4.78 is 0. The van der Waals surface area contributed by atoms with Gasteiger partial charge >= 0.3 is 0 Å². The molecule has 64 valence electrons. The lowest BCUT2D eigenvalue weighted by molar-refractivity contribution is 0.131. The molecule has 0 radical (unpaired) electrons. The largest absolute Gasteiger partial charge is 0.390 e. The van der Waals surface area contributed by atoms with Crippen molar-refractivity contribution in [3.05, 3.63) is 35.9 Å². The highest BCUT2D eigenvalue weighted by Crippen LogP contribution is 2.00. The van der Waals surface area contributed by atoms with Crippen LogP contribution in [-0.2, 0) is 11.4 Å². The van der Waals surface area contributed by atoms with Crippen LogP contribution in [0.4, 0.5) is 0 Å². The van der Waals surface area contributed by atoms with Crippen LogP contribution in [0.2, 0.25) is 0 Å². The summed E-state index contributed by atoms with van der Waals surface area (Å²) in [5.74, 6) is 0. The summed E-state index contributed by atoms with van der Waals surface area (Å²) in [6.07, 6.45) is 0. The monoisotopic (exact) mass is 183 g/mol. The summed E-state index contributed by atoms with van der Waals surface area (Å²) in [5.41, 5.74) is 1.08. The average Bonchev–Trinajstić information content (AvgIpc) is 2.05. The maximum Gasteiger partial charge on any atom is 0.142 e. The Balaban J connectivity index is 2.39. The minimum Gasteiger partial charge on any atom is -0.390 e. The highest BCUT2D eigenvalue weighted by molar-refractivity contribution is 6.64. The third-order valence-corrected chi connectivity index (χ3v) is 1.33. The maximum absolute atomic E-state index is 5.47. The Kier molecular flexibility index (Phi) is 3.61. The molecule has 2 nitrogen and oxygen atoms in total. The zero-order chi connectivity index (χ0) is 8.81. The van der Waals surface area contributed by atoms with Gasteiger partial charge in [-0.2, -0.15) is 0 Å². The second kappa shape index (κ2) is 4.78. The molecule has 1 aromatic rings. The zero-order valence-corrected chi connectivity index (χ0v) is 7.58. The number of hydrogen-bond acceptors (Lipinski definition) is 2. The van der Waals surface area contributed by atoms with Crippen LogP contribution in [0, 0.1) is 0 Å². The van der Waals surface area contributed by atoms with Crippen molar-refractivity contribution in [2.45, 2.75) is 13.5 Å². The van der Waals surface area contributed by atoms with E-state index in [-0.39, 0.29) is 0 Å². The van der Waals surface area contributed by atoms with Gasteiger partial charge in [-0.05, 0) is 12.5 Å². The third-order valence-electron chi connectivity index (χ3n) is 1.26. The first kappa shape index (κ1) is 9.07. The Labute approximate surface area is 76.8 Å². The van der Waals surface area contributed by atoms with Crippen molar-refractivity contribution in [3.8, 4) is 0 Å². The van der Waals surface area contributed by atoms with Crippen molar-refractivity contribution < 1.29 is 4.84 Å². The van der Waals surface area contributed by atoms with Gasteiger partial charge in [0.2, 0.25) is 0 Å². The van der Waals surface area contributed by atoms with E-state index in [0.717, 1.165) is 5.56 Å². The minimum absolute atomic E-state index is 0.408. The summed E-state index contributed by atoms with van der Waals surface area (Å²) in [5, 5.41) is 4.01. The summed E-state index contributed by atoms with van der Waals surface area (Å²) in [7, 11) is 0. The lowest BCUT2D eigenvalue weighted by atomic mass is 10.2. The van der Waals surface area contributed by atoms with Crippen molar-refractivity contribution in [2.24, 2.45) is 5.16 Å². The lowest BCUT2D eigenvalue weighted by Crippen LogP contribution is -1.87. The van der Waals surface area contributed by atoms with Crippen LogP contribution in [0.5, 0.6) is 0 Å². The maximum atomic E-state index is 5.47. The molecule has 12 heavy (non-hydrogen) atoms. The molecular weight excluding hydrogens is 174 g/mol. The fourth-order valence-electron chi connectivity index (χ4n) is 0.770. The van der Waals surface area contributed by atoms with E-state index in [1.165, 1.54) is 0 Å². The Bertz CT molecular complexity index is 254. The van der Waals surface area contributed by atoms with Crippen molar-refractivity contribution in [1.82, 2.24) is 0 Å². The molecular formula is C9H10ClNO. The van der Waals surface area contributed by atoms with Crippen LogP contribution in [0.3, 0.4) is 0 Å². The van der Waals surface area contributed by atoms with Crippen molar-refractivity contribution in [2.75, 3.05) is 0 Å². The van der Waals surface area contributed by atoms with E-state index < -0.39 is 0 Å². The van der Waals surface area contributed by atoms with Crippen molar-refractivity contribution in [3.63, 3.8) is 0 Å². The van der Waals surface area contributed by atoms with E-state index in [1.807, 2.05) is 30.3 Å². The second-order valence-corrected chi connectivity index (χ2v) is 2.89. The van der Waals surface area contributed by atoms with Gasteiger partial charge in [-0.3, -0.25) is 0 Å². The average molecular weight is 184 g/mol. The van der Waals surface area contributed by atoms with Gasteiger partial charge in [-0.15, -0.1) is 0 Å². The number of oxime groups is 1. The molecule has 1 aromatic carbocycles. The highest BCUT2D eigenvalue weighted by Gasteiger charge is 1.89. The number of hydrogen-bond donors (Lipinski definition) is 0. The molecule has 1 rings (SSSR count). The van der Waals surface area contributed by atoms with Gasteiger partial charge in [0.25, 0.3) is 0 Å². The molecule has 0 aliphatic carbocycles. The van der Waals surface area contributed by atoms with E-state index in [2.05, 4.69) is 5.16 Å². The van der Waals surface area contributed by atoms with Crippen LogP contribution < -0.4 is 0 Å². The molecule has 0 fully saturated rings. The van der Waals surface area contributed by atoms with Gasteiger partial charge in [0.1, 0.15) is 11.8 Å². The molecule has 0 amide bonds. The quantitative estimate of drug-likeness (QED) is 0.522. The Morgan fingerprint density at radius 1 is 1.42 bits per heavy atom. The summed E-state index contributed by atoms with van der Waals surface area (Å²) in [4.78, 5) is 4.94. The first-order chi connectivity index (χ1) is 5.79. The van der Waals surface area contributed by atoms with Gasteiger partial charge in [-0.1, -0.05) is 47.1 Å². The predicted molar refractivity (Wildman–Crippen MR) is 50.2 cm³/mol. The number of rotatable bonds is 3. The molecule has 0 saturated heterocycles. The number of nitrogens with zero attached hydrogens (tertiary/aromatic N) is 1. The van der Waals surface area contributed by atoms with Crippen LogP contribution in [-0.4, -0.2) is 5.17 Å². The standard InChI is InChI=1S/C9H10ClNO/c1-8(10)11-12-7-9-5-3-2-4-6-9/h2-6H,7H2,1H3/b11-8-. The van der Waals surface area contributed by atoms with Crippen LogP contribution in [0.25, 0.3) is 0 Å². The second-order valence-electron chi connectivity index (χ2n) is 2.35. The number of benzene rings is 1. The van der Waals surface area contributed by atoms with E-state index >= 15 is 0 Å². The molecule has 0 aliphatic heterocycles. The molecule has 0 unspecified atom stereocenters. The summed E-state index contributed by atoms with van der Waals surface area (Å²) >= 11 is 5.47. The van der Waals surface area contributed by atoms with Crippen molar-refractivity contribution in [1.29, 1.82) is 0 Å². The van der Waals surface area contributed by atoms with E-state index in [0.29, 0.717) is 11.8 Å². The smallest absolute Gasteiger partial charge is 0.142 e. The van der Waals surface area contributed by atoms with Gasteiger partial charge in [0.15, 0.2) is 0 Å². The number of halogens is 1. The van der Waals surface area contributed by atoms with E-state index in [4.69, 9.17) is 16.4 Å². The lowest BCUT2D eigenvalue weighted by Gasteiger charge is -1.98. The predicted octanol–water partition coefficient (Wildman–Crippen LogP) is 2.78. The normalized spacial score (nSPS) is 11.3. The molecule has 0 aromatic heterocycles. The van der Waals surface area contributed by atoms with Gasteiger partial charge in [0, 0.05) is 0 Å². The van der Waals surface area contributed by atoms with E-state index in [9.17, 15) is 0 Å². The molecule has 3 heteroatoms. The SMILES string of the molecule is C/C(Cl)=N/OCc1ccccc1. The summed E-state index contributed by atoms with van der Waals surface area (Å²) in [6, 6.07) is 9.81. The molecule has 0 aliphatic rings. The molecule has 0 spiro atoms. The molecule has 0 N–H and O–H groups in total. The van der Waals surface area contributed by atoms with Crippen LogP contribution in [0.15, 0.2) is 35.5 Å². The minimum atomic E-state index is 0.408.